The number of aryl methyl sites for hydroxylation is 1. The molecule has 0 bridgehead atoms. The van der Waals surface area contributed by atoms with Crippen molar-refractivity contribution in [1.29, 1.82) is 0 Å². The van der Waals surface area contributed by atoms with E-state index >= 15 is 0 Å². The molecule has 0 spiro atoms. The van der Waals surface area contributed by atoms with Crippen molar-refractivity contribution in [1.82, 2.24) is 0 Å². The Labute approximate surface area is 162 Å². The van der Waals surface area contributed by atoms with E-state index in [0.29, 0.717) is 6.61 Å². The van der Waals surface area contributed by atoms with Gasteiger partial charge in [0.1, 0.15) is 25.0 Å². The summed E-state index contributed by atoms with van der Waals surface area (Å²) in [5.74, 6) is 0.850. The molecule has 27 heavy (non-hydrogen) atoms. The van der Waals surface area contributed by atoms with E-state index in [-0.39, 0.29) is 0 Å². The van der Waals surface area contributed by atoms with Crippen molar-refractivity contribution in [3.63, 3.8) is 0 Å². The highest BCUT2D eigenvalue weighted by atomic mass is 16.5. The Morgan fingerprint density at radius 1 is 1.19 bits per heavy atom. The van der Waals surface area contributed by atoms with Gasteiger partial charge in [-0.05, 0) is 37.1 Å². The molecule has 144 valence electrons. The number of aliphatic hydroxyl groups excluding tert-OH is 1. The first-order chi connectivity index (χ1) is 13.2. The average molecular weight is 368 g/mol. The third kappa shape index (κ3) is 5.59. The number of nitrogens with zero attached hydrogens (tertiary/aromatic N) is 1. The number of para-hydroxylation sites is 1. The smallest absolute Gasteiger partial charge is 0.137 e. The summed E-state index contributed by atoms with van der Waals surface area (Å²) >= 11 is 0. The van der Waals surface area contributed by atoms with E-state index in [0.717, 1.165) is 50.5 Å². The second kappa shape index (κ2) is 9.58. The van der Waals surface area contributed by atoms with Crippen LogP contribution in [0.4, 0.5) is 5.69 Å². The maximum Gasteiger partial charge on any atom is 0.137 e. The third-order valence-corrected chi connectivity index (χ3v) is 5.13. The summed E-state index contributed by atoms with van der Waals surface area (Å²) in [6, 6.07) is 16.7. The van der Waals surface area contributed by atoms with Crippen LogP contribution >= 0.6 is 0 Å². The molecule has 3 rings (SSSR count). The second-order valence-corrected chi connectivity index (χ2v) is 7.35. The highest BCUT2D eigenvalue weighted by Gasteiger charge is 2.23. The molecule has 1 heterocycles. The van der Waals surface area contributed by atoms with Gasteiger partial charge in [0.05, 0.1) is 26.2 Å². The first-order valence-corrected chi connectivity index (χ1v) is 9.80. The summed E-state index contributed by atoms with van der Waals surface area (Å²) in [6.45, 7) is 11.1. The molecule has 1 aliphatic rings. The minimum Gasteiger partial charge on any atom is -0.490 e. The van der Waals surface area contributed by atoms with Gasteiger partial charge in [0.25, 0.3) is 0 Å². The molecule has 1 saturated heterocycles. The zero-order valence-corrected chi connectivity index (χ0v) is 16.2. The quantitative estimate of drug-likeness (QED) is 0.700. The normalized spacial score (nSPS) is 16.1. The second-order valence-electron chi connectivity index (χ2n) is 7.35. The summed E-state index contributed by atoms with van der Waals surface area (Å²) in [7, 11) is 0. The Balaban J connectivity index is 1.45. The number of ether oxygens (including phenoxy) is 1. The largest absolute Gasteiger partial charge is 0.490 e. The maximum absolute atomic E-state index is 10.4. The number of hydrogen-bond donors (Lipinski definition) is 2. The molecular weight excluding hydrogens is 336 g/mol. The molecule has 0 amide bonds. The fraction of sp³-hybridized carbons (Fsp3) is 0.391. The van der Waals surface area contributed by atoms with Crippen molar-refractivity contribution in [2.75, 3.05) is 44.2 Å². The number of nitrogens with one attached hydrogen (secondary N) is 1. The first kappa shape index (κ1) is 19.5. The van der Waals surface area contributed by atoms with E-state index in [1.807, 2.05) is 18.2 Å². The van der Waals surface area contributed by atoms with Gasteiger partial charge in [-0.25, -0.2) is 0 Å². The van der Waals surface area contributed by atoms with Crippen molar-refractivity contribution >= 4 is 5.69 Å². The third-order valence-electron chi connectivity index (χ3n) is 5.13. The van der Waals surface area contributed by atoms with Crippen molar-refractivity contribution in [2.24, 2.45) is 0 Å². The lowest BCUT2D eigenvalue weighted by atomic mass is 10.1. The Kier molecular flexibility index (Phi) is 6.91. The van der Waals surface area contributed by atoms with Crippen LogP contribution in [0.25, 0.3) is 0 Å². The number of anilines is 1. The summed E-state index contributed by atoms with van der Waals surface area (Å²) in [6.07, 6.45) is 2.20. The van der Waals surface area contributed by atoms with Crippen molar-refractivity contribution in [3.8, 4) is 5.75 Å². The number of benzene rings is 2. The molecule has 2 aromatic carbocycles. The van der Waals surface area contributed by atoms with Crippen molar-refractivity contribution < 1.29 is 14.7 Å². The molecule has 2 aromatic rings. The summed E-state index contributed by atoms with van der Waals surface area (Å²) < 4.78 is 5.92. The molecule has 0 unspecified atom stereocenters. The zero-order chi connectivity index (χ0) is 19.1. The molecule has 0 saturated carbocycles. The van der Waals surface area contributed by atoms with E-state index in [1.54, 1.807) is 0 Å². The molecule has 4 heteroatoms. The number of quaternary nitrogens is 1. The van der Waals surface area contributed by atoms with Crippen LogP contribution in [-0.2, 0) is 6.42 Å². The molecule has 1 fully saturated rings. The summed E-state index contributed by atoms with van der Waals surface area (Å²) in [5, 5.41) is 10.4. The van der Waals surface area contributed by atoms with E-state index in [4.69, 9.17) is 4.74 Å². The number of allylic oxidation sites excluding steroid dienone is 1. The van der Waals surface area contributed by atoms with Crippen LogP contribution in [0, 0.1) is 6.92 Å². The summed E-state index contributed by atoms with van der Waals surface area (Å²) in [4.78, 5) is 3.86. The van der Waals surface area contributed by atoms with Gasteiger partial charge in [0.15, 0.2) is 0 Å². The fourth-order valence-electron chi connectivity index (χ4n) is 3.67. The zero-order valence-electron chi connectivity index (χ0n) is 16.2. The van der Waals surface area contributed by atoms with Crippen molar-refractivity contribution in [2.45, 2.75) is 19.4 Å². The highest BCUT2D eigenvalue weighted by Crippen LogP contribution is 2.21. The standard InChI is InChI=1S/C23H30N2O2/c1-3-7-20-16-19(2)10-11-23(20)27-18-22(26)17-24-12-14-25(15-13-24)21-8-5-4-6-9-21/h3-6,8-11,16,22,26H,1,7,12-15,17-18H2,2H3/p+1/t22-/m0/s1. The lowest BCUT2D eigenvalue weighted by Gasteiger charge is -2.34. The van der Waals surface area contributed by atoms with Gasteiger partial charge in [-0.1, -0.05) is 42.0 Å². The van der Waals surface area contributed by atoms with E-state index in [9.17, 15) is 5.11 Å². The number of hydrogen-bond acceptors (Lipinski definition) is 3. The minimum atomic E-state index is -0.457. The highest BCUT2D eigenvalue weighted by molar-refractivity contribution is 5.46. The Hall–Kier alpha value is -2.30. The van der Waals surface area contributed by atoms with Crippen LogP contribution < -0.4 is 14.5 Å². The van der Waals surface area contributed by atoms with Crippen LogP contribution in [0.3, 0.4) is 0 Å². The Morgan fingerprint density at radius 3 is 2.63 bits per heavy atom. The molecular formula is C23H31N2O2+. The molecule has 2 N–H and O–H groups in total. The summed E-state index contributed by atoms with van der Waals surface area (Å²) in [5.41, 5.74) is 3.62. The van der Waals surface area contributed by atoms with Crippen molar-refractivity contribution in [3.05, 3.63) is 72.3 Å². The van der Waals surface area contributed by atoms with E-state index < -0.39 is 6.10 Å². The fourth-order valence-corrected chi connectivity index (χ4v) is 3.67. The SMILES string of the molecule is C=CCc1cc(C)ccc1OC[C@@H](O)C[NH+]1CCN(c2ccccc2)CC1. The van der Waals surface area contributed by atoms with Crippen LogP contribution in [0.2, 0.25) is 0 Å². The van der Waals surface area contributed by atoms with Crippen LogP contribution in [0.15, 0.2) is 61.2 Å². The molecule has 0 aliphatic carbocycles. The molecule has 1 atom stereocenters. The lowest BCUT2D eigenvalue weighted by Crippen LogP contribution is -3.16. The predicted molar refractivity (Wildman–Crippen MR) is 111 cm³/mol. The van der Waals surface area contributed by atoms with Crippen LogP contribution in [0.5, 0.6) is 5.75 Å². The molecule has 0 radical (unpaired) electrons. The van der Waals surface area contributed by atoms with Gasteiger partial charge in [-0.3, -0.25) is 0 Å². The van der Waals surface area contributed by atoms with Crippen LogP contribution in [-0.4, -0.2) is 50.5 Å². The number of piperazine rings is 1. The number of rotatable bonds is 8. The predicted octanol–water partition coefficient (Wildman–Crippen LogP) is 1.87. The van der Waals surface area contributed by atoms with Gasteiger partial charge in [0.2, 0.25) is 0 Å². The van der Waals surface area contributed by atoms with Gasteiger partial charge < -0.3 is 19.6 Å². The molecule has 0 aromatic heterocycles. The Bertz CT molecular complexity index is 724. The average Bonchev–Trinajstić information content (AvgIpc) is 2.69. The monoisotopic (exact) mass is 367 g/mol. The topological polar surface area (TPSA) is 37.1 Å². The van der Waals surface area contributed by atoms with Gasteiger partial charge >= 0.3 is 0 Å². The maximum atomic E-state index is 10.4. The molecule has 4 nitrogen and oxygen atoms in total. The van der Waals surface area contributed by atoms with Gasteiger partial charge in [-0.2, -0.15) is 0 Å². The van der Waals surface area contributed by atoms with Gasteiger partial charge in [-0.15, -0.1) is 6.58 Å². The molecule has 1 aliphatic heterocycles. The van der Waals surface area contributed by atoms with Crippen LogP contribution in [0.1, 0.15) is 11.1 Å². The first-order valence-electron chi connectivity index (χ1n) is 9.80. The lowest BCUT2D eigenvalue weighted by molar-refractivity contribution is -0.903. The van der Waals surface area contributed by atoms with E-state index in [1.165, 1.54) is 16.2 Å². The van der Waals surface area contributed by atoms with Gasteiger partial charge in [0, 0.05) is 5.69 Å². The Morgan fingerprint density at radius 2 is 1.93 bits per heavy atom. The van der Waals surface area contributed by atoms with E-state index in [2.05, 4.69) is 54.8 Å². The number of aliphatic hydroxyl groups is 1. The minimum absolute atomic E-state index is 0.332.